The molecule has 0 N–H and O–H groups in total. The number of hydrogen-bond acceptors (Lipinski definition) is 6. The van der Waals surface area contributed by atoms with Gasteiger partial charge < -0.3 is 27.5 Å². The third-order valence-corrected chi connectivity index (χ3v) is 3.27. The van der Waals surface area contributed by atoms with Crippen molar-refractivity contribution in [1.82, 2.24) is 0 Å². The Morgan fingerprint density at radius 3 is 1.11 bits per heavy atom. The highest BCUT2D eigenvalue weighted by molar-refractivity contribution is 6.36. The molecule has 0 aliphatic rings. The van der Waals surface area contributed by atoms with Gasteiger partial charge in [0.1, 0.15) is 0 Å². The van der Waals surface area contributed by atoms with Crippen molar-refractivity contribution >= 4 is 9.53 Å². The molecule has 19 heavy (non-hydrogen) atoms. The summed E-state index contributed by atoms with van der Waals surface area (Å²) < 4.78 is 32.2. The molecule has 0 spiro atoms. The van der Waals surface area contributed by atoms with Crippen LogP contribution in [0.2, 0.25) is 0 Å². The summed E-state index contributed by atoms with van der Waals surface area (Å²) in [6.07, 6.45) is 0. The molecule has 7 heteroatoms. The van der Waals surface area contributed by atoms with Crippen molar-refractivity contribution in [2.75, 3.05) is 59.5 Å². The van der Waals surface area contributed by atoms with Crippen LogP contribution in [0.15, 0.2) is 0 Å². The second-order valence-corrected chi connectivity index (χ2v) is 4.75. The monoisotopic (exact) mass is 295 g/mol. The summed E-state index contributed by atoms with van der Waals surface area (Å²) in [7, 11) is -1.73. The van der Waals surface area contributed by atoms with Crippen LogP contribution in [0.1, 0.15) is 20.8 Å². The highest BCUT2D eigenvalue weighted by Gasteiger charge is 2.18. The van der Waals surface area contributed by atoms with Crippen LogP contribution in [0.3, 0.4) is 0 Å². The van der Waals surface area contributed by atoms with Gasteiger partial charge in [-0.05, 0) is 20.8 Å². The molecule has 1 radical (unpaired) electrons. The molecule has 0 fully saturated rings. The quantitative estimate of drug-likeness (QED) is 0.333. The van der Waals surface area contributed by atoms with Crippen LogP contribution in [0.4, 0.5) is 0 Å². The molecule has 0 heterocycles. The van der Waals surface area contributed by atoms with Gasteiger partial charge in [-0.2, -0.15) is 0 Å². The Bertz CT molecular complexity index is 144. The molecular formula is C12H27O6Si. The average molecular weight is 295 g/mol. The normalized spacial score (nSPS) is 11.4. The molecule has 0 unspecified atom stereocenters. The molecule has 0 aromatic carbocycles. The first kappa shape index (κ1) is 19.0. The van der Waals surface area contributed by atoms with Crippen molar-refractivity contribution in [1.29, 1.82) is 0 Å². The summed E-state index contributed by atoms with van der Waals surface area (Å²) in [6.45, 7) is 11.0. The van der Waals surface area contributed by atoms with E-state index in [4.69, 9.17) is 27.5 Å². The highest BCUT2D eigenvalue weighted by Crippen LogP contribution is 1.94. The maximum atomic E-state index is 5.53. The first-order valence-corrected chi connectivity index (χ1v) is 8.06. The van der Waals surface area contributed by atoms with Crippen molar-refractivity contribution in [3.63, 3.8) is 0 Å². The first-order valence-electron chi connectivity index (χ1n) is 6.83. The average Bonchev–Trinajstić information content (AvgIpc) is 2.43. The maximum absolute atomic E-state index is 5.53. The van der Waals surface area contributed by atoms with E-state index in [0.29, 0.717) is 59.5 Å². The molecule has 0 saturated heterocycles. The van der Waals surface area contributed by atoms with Gasteiger partial charge in [0.15, 0.2) is 0 Å². The Morgan fingerprint density at radius 2 is 0.842 bits per heavy atom. The van der Waals surface area contributed by atoms with Gasteiger partial charge in [-0.25, -0.2) is 0 Å². The molecule has 0 aromatic heterocycles. The van der Waals surface area contributed by atoms with E-state index in [9.17, 15) is 0 Å². The molecule has 0 atom stereocenters. The van der Waals surface area contributed by atoms with E-state index >= 15 is 0 Å². The Hall–Kier alpha value is -0.0231. The van der Waals surface area contributed by atoms with Gasteiger partial charge in [0.25, 0.3) is 0 Å². The lowest BCUT2D eigenvalue weighted by atomic mass is 10.8. The minimum atomic E-state index is -1.73. The lowest BCUT2D eigenvalue weighted by Gasteiger charge is -2.15. The SMILES string of the molecule is CCOCCO[Si](OCCOCC)OCCOCC. The van der Waals surface area contributed by atoms with Crippen molar-refractivity contribution in [3.05, 3.63) is 0 Å². The molecule has 0 saturated carbocycles. The molecule has 115 valence electrons. The van der Waals surface area contributed by atoms with E-state index in [1.54, 1.807) is 0 Å². The van der Waals surface area contributed by atoms with Crippen molar-refractivity contribution in [3.8, 4) is 0 Å². The molecular weight excluding hydrogens is 268 g/mol. The third kappa shape index (κ3) is 14.2. The lowest BCUT2D eigenvalue weighted by Crippen LogP contribution is -2.31. The van der Waals surface area contributed by atoms with E-state index in [1.165, 1.54) is 0 Å². The van der Waals surface area contributed by atoms with Crippen LogP contribution in [-0.2, 0) is 27.5 Å². The highest BCUT2D eigenvalue weighted by atomic mass is 28.3. The maximum Gasteiger partial charge on any atom is 0.578 e. The zero-order valence-electron chi connectivity index (χ0n) is 12.3. The van der Waals surface area contributed by atoms with Crippen LogP contribution in [0.25, 0.3) is 0 Å². The second kappa shape index (κ2) is 16.0. The summed E-state index contributed by atoms with van der Waals surface area (Å²) in [6, 6.07) is 0. The van der Waals surface area contributed by atoms with E-state index in [2.05, 4.69) is 0 Å². The second-order valence-electron chi connectivity index (χ2n) is 3.39. The zero-order chi connectivity index (χ0) is 14.2. The fourth-order valence-electron chi connectivity index (χ4n) is 1.11. The van der Waals surface area contributed by atoms with Gasteiger partial charge in [-0.1, -0.05) is 0 Å². The predicted molar refractivity (Wildman–Crippen MR) is 73.1 cm³/mol. The molecule has 0 aliphatic carbocycles. The van der Waals surface area contributed by atoms with E-state index < -0.39 is 9.53 Å². The predicted octanol–water partition coefficient (Wildman–Crippen LogP) is 1.13. The fourth-order valence-corrected chi connectivity index (χ4v) is 2.11. The topological polar surface area (TPSA) is 55.4 Å². The van der Waals surface area contributed by atoms with E-state index in [1.807, 2.05) is 20.8 Å². The van der Waals surface area contributed by atoms with Gasteiger partial charge in [0, 0.05) is 19.8 Å². The van der Waals surface area contributed by atoms with Crippen LogP contribution in [-0.4, -0.2) is 69.0 Å². The lowest BCUT2D eigenvalue weighted by molar-refractivity contribution is 0.0240. The van der Waals surface area contributed by atoms with Crippen LogP contribution < -0.4 is 0 Å². The first-order chi connectivity index (χ1) is 9.35. The standard InChI is InChI=1S/C12H27O6Si/c1-4-13-7-10-16-19(17-11-8-14-5-2)18-12-9-15-6-3/h4-12H2,1-3H3. The van der Waals surface area contributed by atoms with E-state index in [0.717, 1.165) is 0 Å². The minimum Gasteiger partial charge on any atom is -0.379 e. The molecule has 0 aliphatic heterocycles. The van der Waals surface area contributed by atoms with Gasteiger partial charge >= 0.3 is 9.53 Å². The summed E-state index contributed by atoms with van der Waals surface area (Å²) >= 11 is 0. The molecule has 0 aromatic rings. The van der Waals surface area contributed by atoms with E-state index in [-0.39, 0.29) is 0 Å². The molecule has 0 rings (SSSR count). The van der Waals surface area contributed by atoms with Gasteiger partial charge in [0.05, 0.1) is 39.6 Å². The summed E-state index contributed by atoms with van der Waals surface area (Å²) in [5.41, 5.74) is 0. The minimum absolute atomic E-state index is 0.478. The fraction of sp³-hybridized carbons (Fsp3) is 1.00. The van der Waals surface area contributed by atoms with Crippen LogP contribution in [0, 0.1) is 0 Å². The Labute approximate surface area is 118 Å². The Balaban J connectivity index is 3.66. The molecule has 0 amide bonds. The smallest absolute Gasteiger partial charge is 0.379 e. The summed E-state index contributed by atoms with van der Waals surface area (Å²) in [5, 5.41) is 0. The largest absolute Gasteiger partial charge is 0.578 e. The van der Waals surface area contributed by atoms with Gasteiger partial charge in [-0.15, -0.1) is 0 Å². The Kier molecular flexibility index (Phi) is 16.0. The molecule has 0 bridgehead atoms. The molecule has 6 nitrogen and oxygen atoms in total. The summed E-state index contributed by atoms with van der Waals surface area (Å²) in [4.78, 5) is 0. The van der Waals surface area contributed by atoms with Crippen LogP contribution in [0.5, 0.6) is 0 Å². The Morgan fingerprint density at radius 1 is 0.526 bits per heavy atom. The number of hydrogen-bond donors (Lipinski definition) is 0. The third-order valence-electron chi connectivity index (χ3n) is 1.96. The van der Waals surface area contributed by atoms with Gasteiger partial charge in [0.2, 0.25) is 0 Å². The van der Waals surface area contributed by atoms with Crippen molar-refractivity contribution in [2.45, 2.75) is 20.8 Å². The van der Waals surface area contributed by atoms with Crippen molar-refractivity contribution < 1.29 is 27.5 Å². The van der Waals surface area contributed by atoms with Crippen molar-refractivity contribution in [2.24, 2.45) is 0 Å². The zero-order valence-corrected chi connectivity index (χ0v) is 13.3. The number of ether oxygens (including phenoxy) is 3. The summed E-state index contributed by atoms with van der Waals surface area (Å²) in [5.74, 6) is 0. The van der Waals surface area contributed by atoms with Crippen LogP contribution >= 0.6 is 0 Å². The number of rotatable bonds is 15. The van der Waals surface area contributed by atoms with Gasteiger partial charge in [-0.3, -0.25) is 0 Å².